The normalized spacial score (nSPS) is 15.4. The zero-order chi connectivity index (χ0) is 22.1. The minimum absolute atomic E-state index is 0.0407. The lowest BCUT2D eigenvalue weighted by molar-refractivity contribution is -0.114. The Balaban J connectivity index is 1.46. The lowest BCUT2D eigenvalue weighted by Gasteiger charge is -2.19. The molecule has 7 nitrogen and oxygen atoms in total. The Labute approximate surface area is 183 Å². The quantitative estimate of drug-likeness (QED) is 0.606. The van der Waals surface area contributed by atoms with E-state index in [1.54, 1.807) is 29.2 Å². The van der Waals surface area contributed by atoms with Gasteiger partial charge in [-0.2, -0.15) is 0 Å². The predicted octanol–water partition coefficient (Wildman–Crippen LogP) is 3.78. The summed E-state index contributed by atoms with van der Waals surface area (Å²) in [5, 5.41) is 5.93. The van der Waals surface area contributed by atoms with E-state index in [9.17, 15) is 9.59 Å². The van der Waals surface area contributed by atoms with Crippen molar-refractivity contribution in [3.05, 3.63) is 54.1 Å². The molecule has 31 heavy (non-hydrogen) atoms. The van der Waals surface area contributed by atoms with Crippen LogP contribution in [0, 0.1) is 0 Å². The summed E-state index contributed by atoms with van der Waals surface area (Å²) in [6.07, 6.45) is 2.32. The molecule has 2 aromatic rings. The van der Waals surface area contributed by atoms with Crippen molar-refractivity contribution in [2.75, 3.05) is 43.5 Å². The maximum atomic E-state index is 12.5. The highest BCUT2D eigenvalue weighted by molar-refractivity contribution is 5.98. The molecule has 0 bridgehead atoms. The fourth-order valence-corrected chi connectivity index (χ4v) is 3.44. The van der Waals surface area contributed by atoms with Crippen molar-refractivity contribution >= 4 is 23.2 Å². The smallest absolute Gasteiger partial charge is 0.253 e. The van der Waals surface area contributed by atoms with Gasteiger partial charge in [-0.25, -0.2) is 0 Å². The molecule has 1 aliphatic rings. The Kier molecular flexibility index (Phi) is 8.29. The third-order valence-electron chi connectivity index (χ3n) is 5.21. The molecule has 2 amide bonds. The second-order valence-corrected chi connectivity index (χ2v) is 7.43. The maximum Gasteiger partial charge on any atom is 0.253 e. The number of hydrogen-bond donors (Lipinski definition) is 2. The van der Waals surface area contributed by atoms with Crippen molar-refractivity contribution in [2.45, 2.75) is 32.8 Å². The highest BCUT2D eigenvalue weighted by atomic mass is 16.5. The number of carbonyl (C=O) groups is 2. The molecule has 0 radical (unpaired) electrons. The van der Waals surface area contributed by atoms with Crippen molar-refractivity contribution in [1.29, 1.82) is 0 Å². The van der Waals surface area contributed by atoms with Crippen molar-refractivity contribution in [2.24, 2.45) is 0 Å². The molecule has 2 aromatic carbocycles. The van der Waals surface area contributed by atoms with Crippen LogP contribution < -0.4 is 15.4 Å². The summed E-state index contributed by atoms with van der Waals surface area (Å²) in [6, 6.07) is 14.5. The van der Waals surface area contributed by atoms with E-state index in [1.807, 2.05) is 38.1 Å². The maximum absolute atomic E-state index is 12.5. The molecule has 3 rings (SSSR count). The van der Waals surface area contributed by atoms with Gasteiger partial charge in [-0.1, -0.05) is 6.07 Å². The predicted molar refractivity (Wildman–Crippen MR) is 122 cm³/mol. The zero-order valence-electron chi connectivity index (χ0n) is 18.2. The Bertz CT molecular complexity index is 859. The molecule has 2 N–H and O–H groups in total. The van der Waals surface area contributed by atoms with E-state index >= 15 is 0 Å². The molecule has 0 saturated carbocycles. The first-order valence-electron chi connectivity index (χ1n) is 10.9. The van der Waals surface area contributed by atoms with Gasteiger partial charge in [0.15, 0.2) is 0 Å². The molecule has 1 heterocycles. The first-order chi connectivity index (χ1) is 15.1. The standard InChI is InChI=1S/C24H31N3O4/c1-3-27(4-2)24(29)18-7-5-8-20(15-18)26-23(28)16-25-19-10-12-21(13-11-19)31-17-22-9-6-14-30-22/h5,7-8,10-13,15,22,25H,3-4,6,9,14,16-17H2,1-2H3,(H,26,28). The number of carbonyl (C=O) groups excluding carboxylic acids is 2. The van der Waals surface area contributed by atoms with Crippen LogP contribution in [0.4, 0.5) is 11.4 Å². The second-order valence-electron chi connectivity index (χ2n) is 7.43. The van der Waals surface area contributed by atoms with Crippen LogP contribution >= 0.6 is 0 Å². The molecule has 166 valence electrons. The Morgan fingerprint density at radius 3 is 2.55 bits per heavy atom. The fraction of sp³-hybridized carbons (Fsp3) is 0.417. The van der Waals surface area contributed by atoms with Gasteiger partial charge in [0, 0.05) is 36.6 Å². The number of nitrogens with zero attached hydrogens (tertiary/aromatic N) is 1. The van der Waals surface area contributed by atoms with Gasteiger partial charge in [-0.05, 0) is 69.2 Å². The molecule has 0 aromatic heterocycles. The summed E-state index contributed by atoms with van der Waals surface area (Å²) in [5.74, 6) is 0.548. The molecular formula is C24H31N3O4. The van der Waals surface area contributed by atoms with Gasteiger partial charge < -0.3 is 25.0 Å². The number of nitrogens with one attached hydrogen (secondary N) is 2. The van der Waals surface area contributed by atoms with Crippen LogP contribution in [0.1, 0.15) is 37.0 Å². The number of rotatable bonds is 10. The van der Waals surface area contributed by atoms with Crippen molar-refractivity contribution in [3.8, 4) is 5.75 Å². The van der Waals surface area contributed by atoms with E-state index in [4.69, 9.17) is 9.47 Å². The highest BCUT2D eigenvalue weighted by Crippen LogP contribution is 2.18. The number of ether oxygens (including phenoxy) is 2. The molecule has 1 saturated heterocycles. The number of benzene rings is 2. The van der Waals surface area contributed by atoms with Crippen LogP contribution in [-0.2, 0) is 9.53 Å². The minimum Gasteiger partial charge on any atom is -0.491 e. The van der Waals surface area contributed by atoms with Crippen LogP contribution in [0.3, 0.4) is 0 Å². The van der Waals surface area contributed by atoms with Crippen LogP contribution in [-0.4, -0.2) is 55.7 Å². The molecular weight excluding hydrogens is 394 g/mol. The summed E-state index contributed by atoms with van der Waals surface area (Å²) in [6.45, 7) is 6.68. The van der Waals surface area contributed by atoms with Gasteiger partial charge in [0.2, 0.25) is 5.91 Å². The van der Waals surface area contributed by atoms with Gasteiger partial charge >= 0.3 is 0 Å². The molecule has 1 aliphatic heterocycles. The Morgan fingerprint density at radius 2 is 1.87 bits per heavy atom. The van der Waals surface area contributed by atoms with Gasteiger partial charge in [-0.15, -0.1) is 0 Å². The van der Waals surface area contributed by atoms with Crippen LogP contribution in [0.15, 0.2) is 48.5 Å². The average molecular weight is 426 g/mol. The first kappa shape index (κ1) is 22.6. The SMILES string of the molecule is CCN(CC)C(=O)c1cccc(NC(=O)CNc2ccc(OCC3CCCO3)cc2)c1. The lowest BCUT2D eigenvalue weighted by atomic mass is 10.1. The van der Waals surface area contributed by atoms with Gasteiger partial charge in [0.1, 0.15) is 12.4 Å². The number of hydrogen-bond acceptors (Lipinski definition) is 5. The van der Waals surface area contributed by atoms with Crippen LogP contribution in [0.2, 0.25) is 0 Å². The van der Waals surface area contributed by atoms with E-state index in [0.717, 1.165) is 30.9 Å². The molecule has 0 spiro atoms. The summed E-state index contributed by atoms with van der Waals surface area (Å²) in [4.78, 5) is 26.6. The van der Waals surface area contributed by atoms with Crippen molar-refractivity contribution < 1.29 is 19.1 Å². The molecule has 1 unspecified atom stereocenters. The lowest BCUT2D eigenvalue weighted by Crippen LogP contribution is -2.30. The van der Waals surface area contributed by atoms with Crippen molar-refractivity contribution in [1.82, 2.24) is 4.90 Å². The highest BCUT2D eigenvalue weighted by Gasteiger charge is 2.16. The van der Waals surface area contributed by atoms with Gasteiger partial charge in [0.25, 0.3) is 5.91 Å². The fourth-order valence-electron chi connectivity index (χ4n) is 3.44. The first-order valence-corrected chi connectivity index (χ1v) is 10.9. The van der Waals surface area contributed by atoms with E-state index in [2.05, 4.69) is 10.6 Å². The molecule has 0 aliphatic carbocycles. The molecule has 1 fully saturated rings. The monoisotopic (exact) mass is 425 g/mol. The Hall–Kier alpha value is -3.06. The van der Waals surface area contributed by atoms with E-state index in [0.29, 0.717) is 30.9 Å². The summed E-state index contributed by atoms with van der Waals surface area (Å²) in [5.41, 5.74) is 1.99. The van der Waals surface area contributed by atoms with Crippen LogP contribution in [0.25, 0.3) is 0 Å². The Morgan fingerprint density at radius 1 is 1.10 bits per heavy atom. The zero-order valence-corrected chi connectivity index (χ0v) is 18.2. The minimum atomic E-state index is -0.189. The van der Waals surface area contributed by atoms with E-state index < -0.39 is 0 Å². The van der Waals surface area contributed by atoms with Crippen molar-refractivity contribution in [3.63, 3.8) is 0 Å². The number of anilines is 2. The third kappa shape index (κ3) is 6.72. The topological polar surface area (TPSA) is 79.9 Å². The van der Waals surface area contributed by atoms with Gasteiger partial charge in [0.05, 0.1) is 12.6 Å². The van der Waals surface area contributed by atoms with E-state index in [-0.39, 0.29) is 24.5 Å². The second kappa shape index (κ2) is 11.4. The molecule has 1 atom stereocenters. The average Bonchev–Trinajstić information content (AvgIpc) is 3.32. The number of amides is 2. The molecule has 7 heteroatoms. The third-order valence-corrected chi connectivity index (χ3v) is 5.21. The van der Waals surface area contributed by atoms with E-state index in [1.165, 1.54) is 0 Å². The van der Waals surface area contributed by atoms with Gasteiger partial charge in [-0.3, -0.25) is 9.59 Å². The summed E-state index contributed by atoms with van der Waals surface area (Å²) in [7, 11) is 0. The largest absolute Gasteiger partial charge is 0.491 e. The summed E-state index contributed by atoms with van der Waals surface area (Å²) >= 11 is 0. The van der Waals surface area contributed by atoms with Crippen LogP contribution in [0.5, 0.6) is 5.75 Å². The summed E-state index contributed by atoms with van der Waals surface area (Å²) < 4.78 is 11.3.